The van der Waals surface area contributed by atoms with Gasteiger partial charge in [-0.25, -0.2) is 0 Å². The summed E-state index contributed by atoms with van der Waals surface area (Å²) < 4.78 is 27.1. The zero-order valence-corrected chi connectivity index (χ0v) is 4.21. The van der Waals surface area contributed by atoms with Crippen molar-refractivity contribution in [3.63, 3.8) is 0 Å². The molecule has 5 heteroatoms. The van der Waals surface area contributed by atoms with E-state index in [9.17, 15) is 8.78 Å². The first-order chi connectivity index (χ1) is 4.20. The number of alkyl halides is 2. The minimum atomic E-state index is -2.76. The second kappa shape index (κ2) is 2.00. The van der Waals surface area contributed by atoms with Crippen molar-refractivity contribution >= 4 is 0 Å². The number of halogens is 2. The number of oxazole rings is 1. The molecule has 0 aromatic carbocycles. The van der Waals surface area contributed by atoms with E-state index in [0.29, 0.717) is 0 Å². The molecule has 0 amide bonds. The van der Waals surface area contributed by atoms with E-state index in [1.54, 1.807) is 0 Å². The van der Waals surface area contributed by atoms with Crippen LogP contribution in [0.15, 0.2) is 10.7 Å². The van der Waals surface area contributed by atoms with Gasteiger partial charge in [-0.15, -0.1) is 0 Å². The van der Waals surface area contributed by atoms with Gasteiger partial charge in [0, 0.05) is 0 Å². The van der Waals surface area contributed by atoms with E-state index in [-0.39, 0.29) is 0 Å². The Labute approximate surface area is 48.9 Å². The van der Waals surface area contributed by atoms with Crippen LogP contribution in [0.3, 0.4) is 0 Å². The van der Waals surface area contributed by atoms with Gasteiger partial charge in [0.05, 0.1) is 0 Å². The maximum absolute atomic E-state index is 11.5. The highest BCUT2D eigenvalue weighted by molar-refractivity contribution is 5.00. The average Bonchev–Trinajstić information content (AvgIpc) is 2.14. The largest absolute Gasteiger partial charge is 0.491 e. The van der Waals surface area contributed by atoms with Gasteiger partial charge >= 0.3 is 6.43 Å². The minimum Gasteiger partial charge on any atom is -0.491 e. The van der Waals surface area contributed by atoms with Gasteiger partial charge in [0.1, 0.15) is 0 Å². The molecule has 50 valence electrons. The molecule has 0 radical (unpaired) electrons. The number of hydrogen-bond acceptors (Lipinski definition) is 3. The fraction of sp³-hybridized carbons (Fsp3) is 0.250. The summed E-state index contributed by atoms with van der Waals surface area (Å²) in [7, 11) is 0. The van der Waals surface area contributed by atoms with Gasteiger partial charge in [-0.2, -0.15) is 13.8 Å². The highest BCUT2D eigenvalue weighted by Gasteiger charge is 2.13. The Kier molecular flexibility index (Phi) is 1.33. The summed E-state index contributed by atoms with van der Waals surface area (Å²) >= 11 is 0. The summed E-state index contributed by atoms with van der Waals surface area (Å²) in [6.45, 7) is 0. The van der Waals surface area contributed by atoms with Gasteiger partial charge in [0.15, 0.2) is 6.26 Å². The van der Waals surface area contributed by atoms with Crippen LogP contribution in [0, 0.1) is 0 Å². The number of aromatic nitrogens is 1. The second-order valence-corrected chi connectivity index (χ2v) is 1.34. The lowest BCUT2D eigenvalue weighted by molar-refractivity contribution is 0.115. The Morgan fingerprint density at radius 3 is 2.56 bits per heavy atom. The third-order valence-corrected chi connectivity index (χ3v) is 0.697. The fourth-order valence-corrected chi connectivity index (χ4v) is 0.379. The van der Waals surface area contributed by atoms with E-state index in [1.807, 2.05) is 0 Å². The Morgan fingerprint density at radius 1 is 1.67 bits per heavy atom. The summed E-state index contributed by atoms with van der Waals surface area (Å²) in [5.74, 6) is -1.28. The van der Waals surface area contributed by atoms with E-state index in [1.165, 1.54) is 0 Å². The molecule has 0 unspecified atom stereocenters. The van der Waals surface area contributed by atoms with Crippen LogP contribution in [0.2, 0.25) is 0 Å². The van der Waals surface area contributed by atoms with Crippen molar-refractivity contribution in [2.75, 3.05) is 0 Å². The Hall–Kier alpha value is -1.13. The third-order valence-electron chi connectivity index (χ3n) is 0.697. The van der Waals surface area contributed by atoms with E-state index in [4.69, 9.17) is 5.11 Å². The van der Waals surface area contributed by atoms with Gasteiger partial charge in [0.2, 0.25) is 0 Å². The third kappa shape index (κ3) is 1.16. The van der Waals surface area contributed by atoms with Crippen LogP contribution in [-0.4, -0.2) is 10.1 Å². The molecule has 1 N–H and O–H groups in total. The Balaban J connectivity index is 2.85. The van der Waals surface area contributed by atoms with E-state index in [2.05, 4.69) is 9.40 Å². The van der Waals surface area contributed by atoms with Crippen LogP contribution < -0.4 is 0 Å². The smallest absolute Gasteiger partial charge is 0.313 e. The van der Waals surface area contributed by atoms with E-state index >= 15 is 0 Å². The van der Waals surface area contributed by atoms with E-state index in [0.717, 1.165) is 6.26 Å². The number of rotatable bonds is 1. The zero-order valence-electron chi connectivity index (χ0n) is 4.21. The fourth-order valence-electron chi connectivity index (χ4n) is 0.379. The molecule has 0 atom stereocenters. The molecule has 0 spiro atoms. The maximum Gasteiger partial charge on any atom is 0.313 e. The molecule has 1 rings (SSSR count). The lowest BCUT2D eigenvalue weighted by Gasteiger charge is -1.85. The van der Waals surface area contributed by atoms with Crippen molar-refractivity contribution in [2.45, 2.75) is 6.43 Å². The van der Waals surface area contributed by atoms with Gasteiger partial charge in [-0.1, -0.05) is 0 Å². The molecule has 0 saturated carbocycles. The Morgan fingerprint density at radius 2 is 2.33 bits per heavy atom. The topological polar surface area (TPSA) is 46.3 Å². The van der Waals surface area contributed by atoms with Crippen molar-refractivity contribution in [3.8, 4) is 5.88 Å². The van der Waals surface area contributed by atoms with Gasteiger partial charge < -0.3 is 9.52 Å². The first-order valence-corrected chi connectivity index (χ1v) is 2.12. The SMILES string of the molecule is Oc1coc(C(F)F)n1. The molecule has 0 aliphatic rings. The van der Waals surface area contributed by atoms with Crippen molar-refractivity contribution in [2.24, 2.45) is 0 Å². The molecule has 0 aliphatic heterocycles. The van der Waals surface area contributed by atoms with Crippen LogP contribution in [0.4, 0.5) is 8.78 Å². The predicted octanol–water partition coefficient (Wildman–Crippen LogP) is 1.32. The normalized spacial score (nSPS) is 10.6. The number of nitrogens with zero attached hydrogens (tertiary/aromatic N) is 1. The molecule has 9 heavy (non-hydrogen) atoms. The molecule has 0 aliphatic carbocycles. The molecule has 1 aromatic rings. The van der Waals surface area contributed by atoms with Gasteiger partial charge in [0.25, 0.3) is 11.8 Å². The molecule has 0 bridgehead atoms. The van der Waals surface area contributed by atoms with Crippen LogP contribution in [0.25, 0.3) is 0 Å². The molecule has 1 aromatic heterocycles. The lowest BCUT2D eigenvalue weighted by atomic mass is 10.7. The van der Waals surface area contributed by atoms with Gasteiger partial charge in [-0.05, 0) is 0 Å². The monoisotopic (exact) mass is 135 g/mol. The van der Waals surface area contributed by atoms with Crippen LogP contribution in [0.1, 0.15) is 12.3 Å². The number of aromatic hydroxyl groups is 1. The van der Waals surface area contributed by atoms with Crippen molar-refractivity contribution in [1.29, 1.82) is 0 Å². The maximum atomic E-state index is 11.5. The summed E-state index contributed by atoms with van der Waals surface area (Å²) in [4.78, 5) is 2.95. The van der Waals surface area contributed by atoms with Crippen molar-refractivity contribution in [3.05, 3.63) is 12.2 Å². The molecule has 1 heterocycles. The first-order valence-electron chi connectivity index (χ1n) is 2.12. The second-order valence-electron chi connectivity index (χ2n) is 1.34. The first kappa shape index (κ1) is 6.00. The standard InChI is InChI=1S/C4H3F2NO2/c5-3(6)4-7-2(8)1-9-4/h1,3,8H. The van der Waals surface area contributed by atoms with Crippen molar-refractivity contribution in [1.82, 2.24) is 4.98 Å². The highest BCUT2D eigenvalue weighted by Crippen LogP contribution is 2.19. The van der Waals surface area contributed by atoms with Crippen LogP contribution >= 0.6 is 0 Å². The Bertz CT molecular complexity index is 198. The van der Waals surface area contributed by atoms with Crippen LogP contribution in [0.5, 0.6) is 5.88 Å². The molecule has 3 nitrogen and oxygen atoms in total. The highest BCUT2D eigenvalue weighted by atomic mass is 19.3. The predicted molar refractivity (Wildman–Crippen MR) is 23.1 cm³/mol. The summed E-state index contributed by atoms with van der Waals surface area (Å²) in [5.41, 5.74) is 0. The van der Waals surface area contributed by atoms with Crippen LogP contribution in [-0.2, 0) is 0 Å². The average molecular weight is 135 g/mol. The molecular weight excluding hydrogens is 132 g/mol. The summed E-state index contributed by atoms with van der Waals surface area (Å²) in [6.07, 6.45) is -2.01. The van der Waals surface area contributed by atoms with Crippen molar-refractivity contribution < 1.29 is 18.3 Å². The summed E-state index contributed by atoms with van der Waals surface area (Å²) in [6, 6.07) is 0. The molecular formula is C4H3F2NO2. The molecule has 0 fully saturated rings. The lowest BCUT2D eigenvalue weighted by Crippen LogP contribution is -1.80. The zero-order chi connectivity index (χ0) is 6.85. The van der Waals surface area contributed by atoms with E-state index < -0.39 is 18.2 Å². The number of hydrogen-bond donors (Lipinski definition) is 1. The minimum absolute atomic E-state index is 0.523. The quantitative estimate of drug-likeness (QED) is 0.631. The summed E-state index contributed by atoms with van der Waals surface area (Å²) in [5, 5.41) is 8.36. The van der Waals surface area contributed by atoms with Gasteiger partial charge in [-0.3, -0.25) is 0 Å². The molecule has 0 saturated heterocycles.